The first kappa shape index (κ1) is 28.4. The molecule has 0 aromatic heterocycles. The van der Waals surface area contributed by atoms with Crippen LogP contribution in [-0.2, 0) is 9.59 Å². The quantitative estimate of drug-likeness (QED) is 0.309. The Hall–Kier alpha value is -4.64. The maximum absolute atomic E-state index is 12.9. The highest BCUT2D eigenvalue weighted by Gasteiger charge is 2.35. The number of hydrogen-bond acceptors (Lipinski definition) is 9. The van der Waals surface area contributed by atoms with Crippen molar-refractivity contribution in [3.8, 4) is 28.7 Å². The monoisotopic (exact) mass is 564 g/mol. The van der Waals surface area contributed by atoms with E-state index in [1.165, 1.54) is 21.3 Å². The second kappa shape index (κ2) is 13.4. The lowest BCUT2D eigenvalue weighted by Crippen LogP contribution is -2.32. The molecule has 1 aliphatic rings. The van der Waals surface area contributed by atoms with Crippen molar-refractivity contribution < 1.29 is 38.1 Å². The van der Waals surface area contributed by atoms with E-state index in [1.807, 2.05) is 12.1 Å². The average Bonchev–Trinajstić information content (AvgIpc) is 3.24. The van der Waals surface area contributed by atoms with Gasteiger partial charge >= 0.3 is 0 Å². The molecule has 0 spiro atoms. The molecule has 0 saturated carbocycles. The van der Waals surface area contributed by atoms with Gasteiger partial charge in [-0.25, -0.2) is 0 Å². The summed E-state index contributed by atoms with van der Waals surface area (Å²) in [6, 6.07) is 19.2. The number of hydrogen-bond donors (Lipinski definition) is 1. The van der Waals surface area contributed by atoms with Crippen LogP contribution < -0.4 is 29.0 Å². The van der Waals surface area contributed by atoms with Gasteiger partial charge in [-0.05, 0) is 59.8 Å². The molecule has 1 aliphatic heterocycles. The van der Waals surface area contributed by atoms with Crippen molar-refractivity contribution in [3.05, 3.63) is 77.2 Å². The number of methoxy groups -OCH3 is 3. The number of carbonyl (C=O) groups is 3. The highest BCUT2D eigenvalue weighted by Crippen LogP contribution is 2.35. The first-order valence-electron chi connectivity index (χ1n) is 12.2. The number of para-hydroxylation sites is 4. The third-order valence-electron chi connectivity index (χ3n) is 5.74. The Kier molecular flexibility index (Phi) is 9.53. The zero-order valence-electron chi connectivity index (χ0n) is 22.2. The lowest BCUT2D eigenvalue weighted by molar-refractivity contribution is -0.123. The summed E-state index contributed by atoms with van der Waals surface area (Å²) in [6.07, 6.45) is 1.60. The summed E-state index contributed by atoms with van der Waals surface area (Å²) in [6.45, 7) is -0.0488. The molecule has 11 heteroatoms. The summed E-state index contributed by atoms with van der Waals surface area (Å²) in [5.41, 5.74) is 1.15. The van der Waals surface area contributed by atoms with E-state index in [9.17, 15) is 14.4 Å². The van der Waals surface area contributed by atoms with Gasteiger partial charge in [0.25, 0.3) is 17.1 Å². The lowest BCUT2D eigenvalue weighted by atomic mass is 10.2. The van der Waals surface area contributed by atoms with Crippen molar-refractivity contribution in [1.29, 1.82) is 0 Å². The molecule has 4 rings (SSSR count). The number of imide groups is 1. The highest BCUT2D eigenvalue weighted by molar-refractivity contribution is 8.18. The molecular weight excluding hydrogens is 536 g/mol. The van der Waals surface area contributed by atoms with Crippen molar-refractivity contribution in [2.75, 3.05) is 46.4 Å². The predicted molar refractivity (Wildman–Crippen MR) is 151 cm³/mol. The molecule has 40 heavy (non-hydrogen) atoms. The van der Waals surface area contributed by atoms with E-state index in [1.54, 1.807) is 60.7 Å². The van der Waals surface area contributed by atoms with Gasteiger partial charge in [0.05, 0.1) is 38.5 Å². The van der Waals surface area contributed by atoms with Crippen LogP contribution in [0.2, 0.25) is 0 Å². The van der Waals surface area contributed by atoms with Gasteiger partial charge < -0.3 is 29.0 Å². The number of thioether (sulfide) groups is 1. The summed E-state index contributed by atoms with van der Waals surface area (Å²) in [5.74, 6) is 1.55. The van der Waals surface area contributed by atoms with E-state index in [4.69, 9.17) is 23.7 Å². The maximum atomic E-state index is 12.9. The molecule has 1 saturated heterocycles. The summed E-state index contributed by atoms with van der Waals surface area (Å²) < 4.78 is 27.3. The minimum atomic E-state index is -0.411. The number of amides is 3. The summed E-state index contributed by atoms with van der Waals surface area (Å²) in [7, 11) is 4.53. The van der Waals surface area contributed by atoms with Gasteiger partial charge in [-0.15, -0.1) is 0 Å². The average molecular weight is 565 g/mol. The van der Waals surface area contributed by atoms with Crippen molar-refractivity contribution in [2.24, 2.45) is 0 Å². The van der Waals surface area contributed by atoms with Gasteiger partial charge in [-0.1, -0.05) is 30.3 Å². The Morgan fingerprint density at radius 3 is 2.20 bits per heavy atom. The van der Waals surface area contributed by atoms with E-state index in [0.29, 0.717) is 40.0 Å². The van der Waals surface area contributed by atoms with Crippen molar-refractivity contribution in [1.82, 2.24) is 4.90 Å². The molecule has 3 aromatic carbocycles. The van der Waals surface area contributed by atoms with Crippen molar-refractivity contribution >= 4 is 40.6 Å². The Balaban J connectivity index is 1.36. The Morgan fingerprint density at radius 1 is 0.825 bits per heavy atom. The minimum Gasteiger partial charge on any atom is -0.495 e. The first-order chi connectivity index (χ1) is 19.4. The molecule has 3 aromatic rings. The SMILES string of the molecule is COc1ccccc1NC(=O)COc1ccc(/C=C2\SC(=O)N(CCOc3ccccc3OC)C2=O)cc1OC. The van der Waals surface area contributed by atoms with Crippen LogP contribution in [0.1, 0.15) is 5.56 Å². The predicted octanol–water partition coefficient (Wildman–Crippen LogP) is 4.85. The molecule has 0 bridgehead atoms. The second-order valence-electron chi connectivity index (χ2n) is 8.28. The number of nitrogens with zero attached hydrogens (tertiary/aromatic N) is 1. The molecule has 0 atom stereocenters. The van der Waals surface area contributed by atoms with Crippen LogP contribution in [0, 0.1) is 0 Å². The van der Waals surface area contributed by atoms with Crippen molar-refractivity contribution in [3.63, 3.8) is 0 Å². The summed E-state index contributed by atoms with van der Waals surface area (Å²) >= 11 is 0.849. The smallest absolute Gasteiger partial charge is 0.293 e. The standard InChI is InChI=1S/C29H28N2O8S/c1-35-21-9-5-4-8-20(21)30-27(32)18-39-24-13-12-19(16-25(24)37-3)17-26-28(33)31(29(34)40-26)14-15-38-23-11-7-6-10-22(23)36-2/h4-13,16-17H,14-15,18H2,1-3H3,(H,30,32)/b26-17-. The van der Waals surface area contributed by atoms with E-state index in [-0.39, 0.29) is 35.8 Å². The number of benzene rings is 3. The second-order valence-corrected chi connectivity index (χ2v) is 9.27. The molecule has 10 nitrogen and oxygen atoms in total. The number of ether oxygens (including phenoxy) is 5. The molecular formula is C29H28N2O8S. The first-order valence-corrected chi connectivity index (χ1v) is 13.0. The van der Waals surface area contributed by atoms with Gasteiger partial charge in [-0.2, -0.15) is 0 Å². The zero-order chi connectivity index (χ0) is 28.5. The van der Waals surface area contributed by atoms with Crippen LogP contribution in [0.3, 0.4) is 0 Å². The fourth-order valence-corrected chi connectivity index (χ4v) is 4.66. The van der Waals surface area contributed by atoms with E-state index in [2.05, 4.69) is 5.32 Å². The fourth-order valence-electron chi connectivity index (χ4n) is 3.80. The largest absolute Gasteiger partial charge is 0.495 e. The molecule has 1 N–H and O–H groups in total. The molecule has 0 radical (unpaired) electrons. The van der Waals surface area contributed by atoms with Crippen LogP contribution in [0.15, 0.2) is 71.6 Å². The van der Waals surface area contributed by atoms with E-state index >= 15 is 0 Å². The summed E-state index contributed by atoms with van der Waals surface area (Å²) in [4.78, 5) is 39.2. The lowest BCUT2D eigenvalue weighted by Gasteiger charge is -2.14. The van der Waals surface area contributed by atoms with Crippen molar-refractivity contribution in [2.45, 2.75) is 0 Å². The Morgan fingerprint density at radius 2 is 1.48 bits per heavy atom. The van der Waals surface area contributed by atoms with Crippen LogP contribution in [0.5, 0.6) is 28.7 Å². The normalized spacial score (nSPS) is 13.8. The molecule has 0 aliphatic carbocycles. The minimum absolute atomic E-state index is 0.0904. The molecule has 3 amide bonds. The maximum Gasteiger partial charge on any atom is 0.293 e. The van der Waals surface area contributed by atoms with E-state index in [0.717, 1.165) is 16.7 Å². The van der Waals surface area contributed by atoms with E-state index < -0.39 is 5.91 Å². The molecule has 1 heterocycles. The Bertz CT molecular complexity index is 1420. The van der Waals surface area contributed by atoms with Gasteiger partial charge in [0.15, 0.2) is 29.6 Å². The van der Waals surface area contributed by atoms with Crippen LogP contribution >= 0.6 is 11.8 Å². The van der Waals surface area contributed by atoms with Crippen LogP contribution in [-0.4, -0.2) is 63.0 Å². The number of rotatable bonds is 12. The fraction of sp³-hybridized carbons (Fsp3) is 0.207. The zero-order valence-corrected chi connectivity index (χ0v) is 23.0. The Labute approximate surface area is 235 Å². The van der Waals surface area contributed by atoms with Gasteiger partial charge in [0, 0.05) is 0 Å². The summed E-state index contributed by atoms with van der Waals surface area (Å²) in [5, 5.41) is 2.36. The molecule has 208 valence electrons. The van der Waals surface area contributed by atoms with Gasteiger partial charge in [-0.3, -0.25) is 19.3 Å². The van der Waals surface area contributed by atoms with Crippen LogP contribution in [0.4, 0.5) is 10.5 Å². The molecule has 1 fully saturated rings. The highest BCUT2D eigenvalue weighted by atomic mass is 32.2. The third kappa shape index (κ3) is 6.86. The van der Waals surface area contributed by atoms with Gasteiger partial charge in [0.1, 0.15) is 12.4 Å². The number of nitrogens with one attached hydrogen (secondary N) is 1. The third-order valence-corrected chi connectivity index (χ3v) is 6.65. The number of anilines is 1. The van der Waals surface area contributed by atoms with Gasteiger partial charge in [0.2, 0.25) is 0 Å². The van der Waals surface area contributed by atoms with Crippen LogP contribution in [0.25, 0.3) is 6.08 Å². The topological polar surface area (TPSA) is 113 Å². The number of carbonyl (C=O) groups excluding carboxylic acids is 3. The molecule has 0 unspecified atom stereocenters.